The molecule has 0 atom stereocenters. The maximum Gasteiger partial charge on any atom is 0.124 e. The summed E-state index contributed by atoms with van der Waals surface area (Å²) in [4.78, 5) is 7.64. The van der Waals surface area contributed by atoms with E-state index < -0.39 is 0 Å². The van der Waals surface area contributed by atoms with Crippen molar-refractivity contribution in [2.24, 2.45) is 0 Å². The third-order valence-electron chi connectivity index (χ3n) is 6.20. The number of hydrogen-bond acceptors (Lipinski definition) is 2. The van der Waals surface area contributed by atoms with Crippen molar-refractivity contribution in [1.29, 1.82) is 0 Å². The molecule has 0 bridgehead atoms. The van der Waals surface area contributed by atoms with Crippen molar-refractivity contribution in [3.05, 3.63) is 65.0 Å². The Morgan fingerprint density at radius 1 is 1.04 bits per heavy atom. The van der Waals surface area contributed by atoms with Crippen LogP contribution in [0.2, 0.25) is 0 Å². The molecule has 3 nitrogen and oxygen atoms in total. The summed E-state index contributed by atoms with van der Waals surface area (Å²) in [5.41, 5.74) is 6.95. The van der Waals surface area contributed by atoms with Crippen molar-refractivity contribution >= 4 is 11.0 Å². The van der Waals surface area contributed by atoms with E-state index in [1.165, 1.54) is 72.3 Å². The van der Waals surface area contributed by atoms with Gasteiger partial charge in [-0.25, -0.2) is 4.98 Å². The number of aromatic nitrogens is 2. The van der Waals surface area contributed by atoms with Crippen LogP contribution in [0.15, 0.2) is 42.5 Å². The molecule has 26 heavy (non-hydrogen) atoms. The highest BCUT2D eigenvalue weighted by Gasteiger charge is 2.24. The number of imidazole rings is 1. The molecular weight excluding hydrogens is 318 g/mol. The van der Waals surface area contributed by atoms with Crippen LogP contribution in [-0.4, -0.2) is 27.5 Å². The Bertz CT molecular complexity index is 918. The molecule has 1 fully saturated rings. The van der Waals surface area contributed by atoms with E-state index in [0.717, 1.165) is 19.0 Å². The molecule has 0 amide bonds. The van der Waals surface area contributed by atoms with Gasteiger partial charge in [0.1, 0.15) is 5.82 Å². The molecule has 134 valence electrons. The Balaban J connectivity index is 1.34. The highest BCUT2D eigenvalue weighted by Crippen LogP contribution is 2.31. The predicted octanol–water partition coefficient (Wildman–Crippen LogP) is 4.67. The van der Waals surface area contributed by atoms with Gasteiger partial charge in [0.15, 0.2) is 0 Å². The van der Waals surface area contributed by atoms with E-state index in [9.17, 15) is 0 Å². The van der Waals surface area contributed by atoms with Crippen LogP contribution in [0, 0.1) is 6.92 Å². The highest BCUT2D eigenvalue weighted by atomic mass is 15.2. The predicted molar refractivity (Wildman–Crippen MR) is 106 cm³/mol. The monoisotopic (exact) mass is 345 g/mol. The Labute approximate surface area is 155 Å². The summed E-state index contributed by atoms with van der Waals surface area (Å²) in [7, 11) is 0. The third kappa shape index (κ3) is 2.84. The molecule has 2 aliphatic rings. The van der Waals surface area contributed by atoms with Gasteiger partial charge >= 0.3 is 0 Å². The average Bonchev–Trinajstić information content (AvgIpc) is 3.02. The van der Waals surface area contributed by atoms with Crippen molar-refractivity contribution in [3.63, 3.8) is 0 Å². The quantitative estimate of drug-likeness (QED) is 0.688. The van der Waals surface area contributed by atoms with Gasteiger partial charge in [-0.1, -0.05) is 36.4 Å². The zero-order chi connectivity index (χ0) is 17.5. The van der Waals surface area contributed by atoms with Crippen molar-refractivity contribution in [2.45, 2.75) is 51.6 Å². The minimum atomic E-state index is 0.722. The van der Waals surface area contributed by atoms with Gasteiger partial charge in [-0.15, -0.1) is 0 Å². The van der Waals surface area contributed by atoms with Crippen molar-refractivity contribution in [3.8, 4) is 0 Å². The molecule has 3 heteroatoms. The first-order valence-electron chi connectivity index (χ1n) is 10.0. The van der Waals surface area contributed by atoms with Crippen LogP contribution in [0.3, 0.4) is 0 Å². The van der Waals surface area contributed by atoms with Gasteiger partial charge in [0.2, 0.25) is 0 Å². The molecule has 5 rings (SSSR count). The lowest BCUT2D eigenvalue weighted by Crippen LogP contribution is -2.33. The minimum Gasteiger partial charge on any atom is -0.327 e. The van der Waals surface area contributed by atoms with Crippen LogP contribution in [0.25, 0.3) is 11.0 Å². The van der Waals surface area contributed by atoms with Crippen molar-refractivity contribution in [1.82, 2.24) is 14.5 Å². The van der Waals surface area contributed by atoms with Crippen LogP contribution < -0.4 is 0 Å². The van der Waals surface area contributed by atoms with Crippen molar-refractivity contribution in [2.75, 3.05) is 13.1 Å². The minimum absolute atomic E-state index is 0.722. The Morgan fingerprint density at radius 2 is 1.85 bits per heavy atom. The number of rotatable bonds is 3. The summed E-state index contributed by atoms with van der Waals surface area (Å²) >= 11 is 0. The third-order valence-corrected chi connectivity index (χ3v) is 6.20. The van der Waals surface area contributed by atoms with Gasteiger partial charge in [-0.05, 0) is 74.4 Å². The van der Waals surface area contributed by atoms with E-state index in [1.54, 1.807) is 0 Å². The second kappa shape index (κ2) is 6.55. The molecule has 2 aromatic carbocycles. The van der Waals surface area contributed by atoms with Crippen LogP contribution in [-0.2, 0) is 19.5 Å². The number of likely N-dealkylation sites (tertiary alicyclic amines) is 1. The molecule has 0 saturated carbocycles. The molecule has 3 heterocycles. The van der Waals surface area contributed by atoms with Gasteiger partial charge in [-0.3, -0.25) is 4.90 Å². The largest absolute Gasteiger partial charge is 0.327 e. The fraction of sp³-hybridized carbons (Fsp3) is 0.435. The Morgan fingerprint density at radius 3 is 2.65 bits per heavy atom. The lowest BCUT2D eigenvalue weighted by molar-refractivity contribution is 0.198. The van der Waals surface area contributed by atoms with Gasteiger partial charge in [0.05, 0.1) is 17.6 Å². The Hall–Kier alpha value is -2.13. The lowest BCUT2D eigenvalue weighted by Gasteiger charge is -2.32. The molecule has 0 unspecified atom stereocenters. The Kier molecular flexibility index (Phi) is 4.05. The first-order chi connectivity index (χ1) is 12.8. The molecule has 2 aliphatic heterocycles. The standard InChI is InChI=1S/C23H27N3/c1-17-14-20-8-5-11-26-22(24-21(15-17)23(20)26)16-25-12-9-19(10-13-25)18-6-3-2-4-7-18/h2-4,6-7,14-15,19H,5,8-13,16H2,1H3. The maximum absolute atomic E-state index is 5.04. The lowest BCUT2D eigenvalue weighted by atomic mass is 9.89. The summed E-state index contributed by atoms with van der Waals surface area (Å²) in [6.45, 7) is 6.66. The second-order valence-corrected chi connectivity index (χ2v) is 8.04. The van der Waals surface area contributed by atoms with Crippen LogP contribution >= 0.6 is 0 Å². The number of nitrogens with zero attached hydrogens (tertiary/aromatic N) is 3. The molecule has 0 aliphatic carbocycles. The summed E-state index contributed by atoms with van der Waals surface area (Å²) in [5, 5.41) is 0. The van der Waals surface area contributed by atoms with E-state index in [4.69, 9.17) is 4.98 Å². The summed E-state index contributed by atoms with van der Waals surface area (Å²) < 4.78 is 2.50. The number of hydrogen-bond donors (Lipinski definition) is 0. The number of piperidine rings is 1. The number of benzene rings is 2. The van der Waals surface area contributed by atoms with Gasteiger partial charge < -0.3 is 4.57 Å². The maximum atomic E-state index is 5.04. The fourth-order valence-electron chi connectivity index (χ4n) is 4.89. The molecule has 0 spiro atoms. The van der Waals surface area contributed by atoms with Crippen molar-refractivity contribution < 1.29 is 0 Å². The molecule has 1 aromatic heterocycles. The van der Waals surface area contributed by atoms with E-state index in [2.05, 4.69) is 58.9 Å². The zero-order valence-electron chi connectivity index (χ0n) is 15.6. The molecule has 3 aromatic rings. The summed E-state index contributed by atoms with van der Waals surface area (Å²) in [6, 6.07) is 15.6. The van der Waals surface area contributed by atoms with Crippen LogP contribution in [0.5, 0.6) is 0 Å². The van der Waals surface area contributed by atoms with E-state index in [-0.39, 0.29) is 0 Å². The second-order valence-electron chi connectivity index (χ2n) is 8.04. The zero-order valence-corrected chi connectivity index (χ0v) is 15.6. The smallest absolute Gasteiger partial charge is 0.124 e. The molecule has 0 radical (unpaired) electrons. The number of aryl methyl sites for hydroxylation is 3. The van der Waals surface area contributed by atoms with Crippen LogP contribution in [0.1, 0.15) is 47.7 Å². The fourth-order valence-corrected chi connectivity index (χ4v) is 4.89. The highest BCUT2D eigenvalue weighted by molar-refractivity contribution is 5.81. The SMILES string of the molecule is Cc1cc2c3c(c1)nc(CN1CCC(c4ccccc4)CC1)n3CCC2. The topological polar surface area (TPSA) is 21.1 Å². The first kappa shape index (κ1) is 16.1. The average molecular weight is 345 g/mol. The van der Waals surface area contributed by atoms with Gasteiger partial charge in [0, 0.05) is 6.54 Å². The van der Waals surface area contributed by atoms with Gasteiger partial charge in [-0.2, -0.15) is 0 Å². The molecular formula is C23H27N3. The van der Waals surface area contributed by atoms with E-state index in [1.807, 2.05) is 0 Å². The normalized spacial score (nSPS) is 18.5. The molecule has 1 saturated heterocycles. The van der Waals surface area contributed by atoms with Gasteiger partial charge in [0.25, 0.3) is 0 Å². The van der Waals surface area contributed by atoms with E-state index in [0.29, 0.717) is 0 Å². The summed E-state index contributed by atoms with van der Waals surface area (Å²) in [6.07, 6.45) is 4.96. The summed E-state index contributed by atoms with van der Waals surface area (Å²) in [5.74, 6) is 1.99. The molecule has 0 N–H and O–H groups in total. The first-order valence-corrected chi connectivity index (χ1v) is 10.0. The van der Waals surface area contributed by atoms with Crippen LogP contribution in [0.4, 0.5) is 0 Å². The van der Waals surface area contributed by atoms with E-state index >= 15 is 0 Å².